The highest BCUT2D eigenvalue weighted by Gasteiger charge is 2.28. The molecule has 0 aromatic carbocycles. The van der Waals surface area contributed by atoms with E-state index >= 15 is 0 Å². The molecular weight excluding hydrogens is 276 g/mol. The van der Waals surface area contributed by atoms with Gasteiger partial charge in [-0.2, -0.15) is 0 Å². The summed E-state index contributed by atoms with van der Waals surface area (Å²) in [4.78, 5) is 22.4. The second-order valence-electron chi connectivity index (χ2n) is 4.32. The fraction of sp³-hybridized carbons (Fsp3) is 0.545. The smallest absolute Gasteiger partial charge is 0.324 e. The van der Waals surface area contributed by atoms with Crippen LogP contribution in [0.1, 0.15) is 28.9 Å². The second kappa shape index (κ2) is 5.67. The number of amides is 1. The first-order valence-electron chi connectivity index (χ1n) is 5.73. The van der Waals surface area contributed by atoms with Gasteiger partial charge in [-0.3, -0.25) is 14.9 Å². The van der Waals surface area contributed by atoms with Crippen LogP contribution in [0.25, 0.3) is 0 Å². The third-order valence-corrected chi connectivity index (χ3v) is 4.60. The van der Waals surface area contributed by atoms with Gasteiger partial charge in [-0.1, -0.05) is 17.8 Å². The Hall–Kier alpha value is -1.14. The summed E-state index contributed by atoms with van der Waals surface area (Å²) in [6, 6.07) is 2.94. The standard InChI is InChI=1S/C11H13ClN2O3S/c12-6-7-2-1-3-8(7)13-11(15)9-4-5-10(18-9)14(16)17/h4-5,7-8H,1-3,6H2,(H,13,15). The van der Waals surface area contributed by atoms with Crippen molar-refractivity contribution in [2.24, 2.45) is 5.92 Å². The number of carbonyl (C=O) groups is 1. The van der Waals surface area contributed by atoms with Crippen LogP contribution in [0.2, 0.25) is 0 Å². The molecule has 1 amide bonds. The second-order valence-corrected chi connectivity index (χ2v) is 5.69. The third kappa shape index (κ3) is 2.81. The Kier molecular flexibility index (Phi) is 4.19. The lowest BCUT2D eigenvalue weighted by Crippen LogP contribution is -2.37. The average Bonchev–Trinajstić information content (AvgIpc) is 2.96. The van der Waals surface area contributed by atoms with Crippen LogP contribution in [-0.2, 0) is 0 Å². The van der Waals surface area contributed by atoms with E-state index in [1.165, 1.54) is 12.1 Å². The fourth-order valence-electron chi connectivity index (χ4n) is 2.20. The summed E-state index contributed by atoms with van der Waals surface area (Å²) >= 11 is 6.74. The van der Waals surface area contributed by atoms with E-state index in [1.54, 1.807) is 0 Å². The van der Waals surface area contributed by atoms with E-state index in [9.17, 15) is 14.9 Å². The molecule has 0 radical (unpaired) electrons. The van der Waals surface area contributed by atoms with Gasteiger partial charge in [0.15, 0.2) is 0 Å². The maximum Gasteiger partial charge on any atom is 0.324 e. The van der Waals surface area contributed by atoms with Gasteiger partial charge in [-0.15, -0.1) is 11.6 Å². The molecule has 1 aromatic heterocycles. The first kappa shape index (κ1) is 13.3. The van der Waals surface area contributed by atoms with Crippen LogP contribution >= 0.6 is 22.9 Å². The van der Waals surface area contributed by atoms with E-state index in [-0.39, 0.29) is 17.0 Å². The zero-order valence-corrected chi connectivity index (χ0v) is 11.2. The monoisotopic (exact) mass is 288 g/mol. The number of alkyl halides is 1. The summed E-state index contributed by atoms with van der Waals surface area (Å²) in [6.45, 7) is 0. The topological polar surface area (TPSA) is 72.2 Å². The molecule has 1 saturated carbocycles. The molecule has 5 nitrogen and oxygen atoms in total. The highest BCUT2D eigenvalue weighted by molar-refractivity contribution is 7.17. The number of hydrogen-bond acceptors (Lipinski definition) is 4. The Balaban J connectivity index is 2.00. The predicted molar refractivity (Wildman–Crippen MR) is 70.3 cm³/mol. The third-order valence-electron chi connectivity index (χ3n) is 3.17. The molecule has 2 rings (SSSR count). The van der Waals surface area contributed by atoms with Crippen molar-refractivity contribution in [2.45, 2.75) is 25.3 Å². The van der Waals surface area contributed by atoms with Crippen LogP contribution in [0.5, 0.6) is 0 Å². The van der Waals surface area contributed by atoms with Crippen molar-refractivity contribution in [1.82, 2.24) is 5.32 Å². The van der Waals surface area contributed by atoms with E-state index in [2.05, 4.69) is 5.32 Å². The van der Waals surface area contributed by atoms with Gasteiger partial charge in [0.05, 0.1) is 9.80 Å². The molecule has 7 heteroatoms. The van der Waals surface area contributed by atoms with Crippen LogP contribution in [0.3, 0.4) is 0 Å². The molecule has 0 saturated heterocycles. The maximum absolute atomic E-state index is 11.9. The van der Waals surface area contributed by atoms with Gasteiger partial charge >= 0.3 is 5.00 Å². The molecule has 1 aliphatic carbocycles. The lowest BCUT2D eigenvalue weighted by Gasteiger charge is -2.18. The first-order chi connectivity index (χ1) is 8.61. The molecule has 1 fully saturated rings. The quantitative estimate of drug-likeness (QED) is 0.526. The fourth-order valence-corrected chi connectivity index (χ4v) is 3.29. The van der Waals surface area contributed by atoms with Crippen molar-refractivity contribution in [3.05, 3.63) is 27.1 Å². The Morgan fingerprint density at radius 3 is 2.94 bits per heavy atom. The van der Waals surface area contributed by atoms with Gasteiger partial charge < -0.3 is 5.32 Å². The number of halogens is 1. The Bertz CT molecular complexity index is 463. The number of hydrogen-bond donors (Lipinski definition) is 1. The van der Waals surface area contributed by atoms with Crippen molar-refractivity contribution < 1.29 is 9.72 Å². The first-order valence-corrected chi connectivity index (χ1v) is 7.08. The van der Waals surface area contributed by atoms with E-state index in [4.69, 9.17) is 11.6 Å². The zero-order valence-electron chi connectivity index (χ0n) is 9.60. The summed E-state index contributed by atoms with van der Waals surface area (Å²) < 4.78 is 0. The highest BCUT2D eigenvalue weighted by Crippen LogP contribution is 2.28. The summed E-state index contributed by atoms with van der Waals surface area (Å²) in [5.41, 5.74) is 0. The Labute approximate surface area is 113 Å². The van der Waals surface area contributed by atoms with E-state index in [1.807, 2.05) is 0 Å². The molecule has 98 valence electrons. The van der Waals surface area contributed by atoms with Crippen molar-refractivity contribution in [3.8, 4) is 0 Å². The van der Waals surface area contributed by atoms with Gasteiger partial charge in [0.25, 0.3) is 5.91 Å². The van der Waals surface area contributed by atoms with Crippen LogP contribution in [0.4, 0.5) is 5.00 Å². The Morgan fingerprint density at radius 2 is 2.33 bits per heavy atom. The molecular formula is C11H13ClN2O3S. The predicted octanol–water partition coefficient (Wildman–Crippen LogP) is 2.79. The minimum Gasteiger partial charge on any atom is -0.348 e. The van der Waals surface area contributed by atoms with Gasteiger partial charge in [0.1, 0.15) is 0 Å². The number of nitro groups is 1. The van der Waals surface area contributed by atoms with Crippen LogP contribution in [-0.4, -0.2) is 22.8 Å². The molecule has 2 unspecified atom stereocenters. The molecule has 2 atom stereocenters. The molecule has 0 spiro atoms. The maximum atomic E-state index is 11.9. The number of nitrogens with one attached hydrogen (secondary N) is 1. The minimum absolute atomic E-state index is 0.0135. The van der Waals surface area contributed by atoms with Gasteiger partial charge in [-0.25, -0.2) is 0 Å². The number of rotatable bonds is 4. The molecule has 1 aromatic rings. The number of carbonyl (C=O) groups excluding carboxylic acids is 1. The van der Waals surface area contributed by atoms with Gasteiger partial charge in [-0.05, 0) is 24.8 Å². The average molecular weight is 289 g/mol. The molecule has 1 aliphatic rings. The van der Waals surface area contributed by atoms with E-state index in [0.29, 0.717) is 16.7 Å². The largest absolute Gasteiger partial charge is 0.348 e. The molecule has 18 heavy (non-hydrogen) atoms. The van der Waals surface area contributed by atoms with E-state index < -0.39 is 4.92 Å². The van der Waals surface area contributed by atoms with Gasteiger partial charge in [0.2, 0.25) is 0 Å². The van der Waals surface area contributed by atoms with Crippen molar-refractivity contribution in [1.29, 1.82) is 0 Å². The van der Waals surface area contributed by atoms with Crippen LogP contribution in [0, 0.1) is 16.0 Å². The van der Waals surface area contributed by atoms with E-state index in [0.717, 1.165) is 30.6 Å². The SMILES string of the molecule is O=C(NC1CCCC1CCl)c1ccc([N+](=O)[O-])s1. The summed E-state index contributed by atoms with van der Waals surface area (Å²) in [5.74, 6) is 0.607. The summed E-state index contributed by atoms with van der Waals surface area (Å²) in [6.07, 6.45) is 3.02. The highest BCUT2D eigenvalue weighted by atomic mass is 35.5. The number of nitrogens with zero attached hydrogens (tertiary/aromatic N) is 1. The molecule has 1 N–H and O–H groups in total. The van der Waals surface area contributed by atoms with Crippen LogP contribution in [0.15, 0.2) is 12.1 Å². The minimum atomic E-state index is -0.488. The molecule has 0 aliphatic heterocycles. The normalized spacial score (nSPS) is 22.9. The van der Waals surface area contributed by atoms with Crippen molar-refractivity contribution in [2.75, 3.05) is 5.88 Å². The number of thiophene rings is 1. The van der Waals surface area contributed by atoms with Crippen LogP contribution < -0.4 is 5.32 Å². The zero-order chi connectivity index (χ0) is 13.1. The van der Waals surface area contributed by atoms with Crippen molar-refractivity contribution in [3.63, 3.8) is 0 Å². The molecule has 0 bridgehead atoms. The molecule has 1 heterocycles. The summed E-state index contributed by atoms with van der Waals surface area (Å²) in [7, 11) is 0. The Morgan fingerprint density at radius 1 is 1.56 bits per heavy atom. The van der Waals surface area contributed by atoms with Crippen molar-refractivity contribution >= 4 is 33.8 Å². The lowest BCUT2D eigenvalue weighted by atomic mass is 10.1. The summed E-state index contributed by atoms with van der Waals surface area (Å²) in [5, 5.41) is 13.4. The van der Waals surface area contributed by atoms with Gasteiger partial charge in [0, 0.05) is 18.0 Å². The lowest BCUT2D eigenvalue weighted by molar-refractivity contribution is -0.380.